The molecule has 0 aliphatic heterocycles. The number of carbonyl (C=O) groups excluding carboxylic acids is 1. The normalized spacial score (nSPS) is 10.0. The molecule has 0 saturated carbocycles. The van der Waals surface area contributed by atoms with E-state index in [4.69, 9.17) is 14.2 Å². The van der Waals surface area contributed by atoms with Crippen molar-refractivity contribution in [2.75, 3.05) is 27.0 Å². The van der Waals surface area contributed by atoms with E-state index in [1.807, 2.05) is 56.3 Å². The first kappa shape index (κ1) is 18.4. The highest BCUT2D eigenvalue weighted by atomic mass is 16.5. The van der Waals surface area contributed by atoms with Crippen LogP contribution in [-0.2, 0) is 0 Å². The van der Waals surface area contributed by atoms with Crippen molar-refractivity contribution in [3.05, 3.63) is 53.6 Å². The first-order valence-corrected chi connectivity index (χ1v) is 8.07. The summed E-state index contributed by atoms with van der Waals surface area (Å²) in [5, 5.41) is 5.35. The topological polar surface area (TPSA) is 68.8 Å². The SMILES string of the molecule is COc1ccc(OCCNC(=O)NCOc2ccc(C)cc2C)cc1. The Bertz CT molecular complexity index is 686. The Balaban J connectivity index is 1.60. The van der Waals surface area contributed by atoms with Gasteiger partial charge in [-0.25, -0.2) is 4.79 Å². The number of ether oxygens (including phenoxy) is 3. The number of carbonyl (C=O) groups is 1. The van der Waals surface area contributed by atoms with Gasteiger partial charge in [0.1, 0.15) is 23.9 Å². The van der Waals surface area contributed by atoms with Crippen molar-refractivity contribution in [2.24, 2.45) is 0 Å². The summed E-state index contributed by atoms with van der Waals surface area (Å²) in [6.07, 6.45) is 0. The number of hydrogen-bond donors (Lipinski definition) is 2. The Labute approximate surface area is 148 Å². The fraction of sp³-hybridized carbons (Fsp3) is 0.316. The van der Waals surface area contributed by atoms with E-state index in [0.717, 1.165) is 22.8 Å². The fourth-order valence-corrected chi connectivity index (χ4v) is 2.21. The molecule has 2 amide bonds. The van der Waals surface area contributed by atoms with Gasteiger partial charge in [0.15, 0.2) is 6.73 Å². The van der Waals surface area contributed by atoms with Crippen LogP contribution in [0.25, 0.3) is 0 Å². The van der Waals surface area contributed by atoms with Crippen molar-refractivity contribution in [3.8, 4) is 17.2 Å². The largest absolute Gasteiger partial charge is 0.497 e. The van der Waals surface area contributed by atoms with Gasteiger partial charge in [0.05, 0.1) is 13.7 Å². The van der Waals surface area contributed by atoms with Crippen LogP contribution >= 0.6 is 0 Å². The molecule has 25 heavy (non-hydrogen) atoms. The van der Waals surface area contributed by atoms with E-state index in [-0.39, 0.29) is 12.8 Å². The smallest absolute Gasteiger partial charge is 0.317 e. The number of rotatable bonds is 8. The number of aryl methyl sites for hydroxylation is 2. The molecular weight excluding hydrogens is 320 g/mol. The van der Waals surface area contributed by atoms with Gasteiger partial charge in [0.2, 0.25) is 0 Å². The summed E-state index contributed by atoms with van der Waals surface area (Å²) in [5.74, 6) is 2.25. The number of methoxy groups -OCH3 is 1. The van der Waals surface area contributed by atoms with Gasteiger partial charge in [0.25, 0.3) is 0 Å². The van der Waals surface area contributed by atoms with Crippen LogP contribution in [0.3, 0.4) is 0 Å². The summed E-state index contributed by atoms with van der Waals surface area (Å²) in [5.41, 5.74) is 2.21. The Hall–Kier alpha value is -2.89. The molecule has 0 aliphatic carbocycles. The van der Waals surface area contributed by atoms with E-state index in [9.17, 15) is 4.79 Å². The van der Waals surface area contributed by atoms with Crippen LogP contribution in [0.2, 0.25) is 0 Å². The van der Waals surface area contributed by atoms with E-state index in [2.05, 4.69) is 10.6 Å². The summed E-state index contributed by atoms with van der Waals surface area (Å²) in [4.78, 5) is 11.7. The third kappa shape index (κ3) is 6.25. The molecule has 134 valence electrons. The van der Waals surface area contributed by atoms with Crippen LogP contribution in [0.15, 0.2) is 42.5 Å². The van der Waals surface area contributed by atoms with Crippen LogP contribution in [-0.4, -0.2) is 33.0 Å². The van der Waals surface area contributed by atoms with Crippen LogP contribution in [0.4, 0.5) is 4.79 Å². The van der Waals surface area contributed by atoms with E-state index in [1.165, 1.54) is 5.56 Å². The highest BCUT2D eigenvalue weighted by Crippen LogP contribution is 2.18. The molecule has 0 fully saturated rings. The van der Waals surface area contributed by atoms with Crippen molar-refractivity contribution in [2.45, 2.75) is 13.8 Å². The lowest BCUT2D eigenvalue weighted by Gasteiger charge is -2.12. The van der Waals surface area contributed by atoms with Gasteiger partial charge in [-0.1, -0.05) is 17.7 Å². The van der Waals surface area contributed by atoms with E-state index < -0.39 is 0 Å². The summed E-state index contributed by atoms with van der Waals surface area (Å²) in [6.45, 7) is 4.86. The van der Waals surface area contributed by atoms with Crippen LogP contribution in [0.5, 0.6) is 17.2 Å². The highest BCUT2D eigenvalue weighted by molar-refractivity contribution is 5.73. The van der Waals surface area contributed by atoms with Gasteiger partial charge in [-0.2, -0.15) is 0 Å². The van der Waals surface area contributed by atoms with Gasteiger partial charge < -0.3 is 24.8 Å². The molecule has 2 aromatic carbocycles. The zero-order valence-corrected chi connectivity index (χ0v) is 14.8. The fourth-order valence-electron chi connectivity index (χ4n) is 2.21. The maximum absolute atomic E-state index is 11.7. The molecule has 2 rings (SSSR count). The number of benzene rings is 2. The molecule has 0 heterocycles. The molecule has 6 heteroatoms. The van der Waals surface area contributed by atoms with Gasteiger partial charge in [0, 0.05) is 0 Å². The van der Waals surface area contributed by atoms with E-state index >= 15 is 0 Å². The standard InChI is InChI=1S/C19H24N2O4/c1-14-4-9-18(15(2)12-14)25-13-21-19(22)20-10-11-24-17-7-5-16(23-3)6-8-17/h4-9,12H,10-11,13H2,1-3H3,(H2,20,21,22). The molecule has 0 spiro atoms. The van der Waals surface area contributed by atoms with Crippen molar-refractivity contribution in [3.63, 3.8) is 0 Å². The van der Waals surface area contributed by atoms with Gasteiger partial charge in [-0.05, 0) is 49.7 Å². The third-order valence-corrected chi connectivity index (χ3v) is 3.51. The summed E-state index contributed by atoms with van der Waals surface area (Å²) in [6, 6.07) is 12.9. The Kier molecular flexibility index (Phi) is 6.95. The minimum Gasteiger partial charge on any atom is -0.497 e. The lowest BCUT2D eigenvalue weighted by atomic mass is 10.1. The minimum atomic E-state index is -0.303. The maximum Gasteiger partial charge on any atom is 0.317 e. The van der Waals surface area contributed by atoms with Crippen molar-refractivity contribution in [1.82, 2.24) is 10.6 Å². The Morgan fingerprint density at radius 1 is 0.960 bits per heavy atom. The van der Waals surface area contributed by atoms with Crippen molar-refractivity contribution in [1.29, 1.82) is 0 Å². The van der Waals surface area contributed by atoms with Gasteiger partial charge in [-0.15, -0.1) is 0 Å². The first-order valence-electron chi connectivity index (χ1n) is 8.07. The molecule has 0 atom stereocenters. The second kappa shape index (κ2) is 9.42. The average molecular weight is 344 g/mol. The predicted molar refractivity (Wildman–Crippen MR) is 96.4 cm³/mol. The highest BCUT2D eigenvalue weighted by Gasteiger charge is 2.02. The quantitative estimate of drug-likeness (QED) is 0.570. The molecule has 0 bridgehead atoms. The van der Waals surface area contributed by atoms with E-state index in [0.29, 0.717) is 13.2 Å². The first-order chi connectivity index (χ1) is 12.1. The molecule has 6 nitrogen and oxygen atoms in total. The zero-order chi connectivity index (χ0) is 18.1. The van der Waals surface area contributed by atoms with Gasteiger partial charge >= 0.3 is 6.03 Å². The number of hydrogen-bond acceptors (Lipinski definition) is 4. The second-order valence-electron chi connectivity index (χ2n) is 5.51. The molecule has 0 aliphatic rings. The van der Waals surface area contributed by atoms with Gasteiger partial charge in [-0.3, -0.25) is 0 Å². The molecule has 0 aromatic heterocycles. The number of amides is 2. The second-order valence-corrected chi connectivity index (χ2v) is 5.51. The zero-order valence-electron chi connectivity index (χ0n) is 14.8. The van der Waals surface area contributed by atoms with E-state index in [1.54, 1.807) is 7.11 Å². The molecule has 0 saturated heterocycles. The maximum atomic E-state index is 11.7. The van der Waals surface area contributed by atoms with Crippen LogP contribution in [0, 0.1) is 13.8 Å². The molecule has 2 aromatic rings. The molecular formula is C19H24N2O4. The lowest BCUT2D eigenvalue weighted by Crippen LogP contribution is -2.39. The number of nitrogens with one attached hydrogen (secondary N) is 2. The molecule has 2 N–H and O–H groups in total. The Morgan fingerprint density at radius 2 is 1.68 bits per heavy atom. The van der Waals surface area contributed by atoms with Crippen LogP contribution in [0.1, 0.15) is 11.1 Å². The predicted octanol–water partition coefficient (Wildman–Crippen LogP) is 3.03. The lowest BCUT2D eigenvalue weighted by molar-refractivity contribution is 0.220. The summed E-state index contributed by atoms with van der Waals surface area (Å²) in [7, 11) is 1.61. The minimum absolute atomic E-state index is 0.106. The Morgan fingerprint density at radius 3 is 2.36 bits per heavy atom. The van der Waals surface area contributed by atoms with Crippen molar-refractivity contribution >= 4 is 6.03 Å². The van der Waals surface area contributed by atoms with Crippen LogP contribution < -0.4 is 24.8 Å². The molecule has 0 unspecified atom stereocenters. The number of urea groups is 1. The average Bonchev–Trinajstić information content (AvgIpc) is 2.61. The molecule has 0 radical (unpaired) electrons. The summed E-state index contributed by atoms with van der Waals surface area (Å²) >= 11 is 0. The van der Waals surface area contributed by atoms with Crippen molar-refractivity contribution < 1.29 is 19.0 Å². The summed E-state index contributed by atoms with van der Waals surface area (Å²) < 4.78 is 16.1. The third-order valence-electron chi connectivity index (χ3n) is 3.51. The monoisotopic (exact) mass is 344 g/mol.